The number of aldehydes is 2. The van der Waals surface area contributed by atoms with Gasteiger partial charge < -0.3 is 0 Å². The summed E-state index contributed by atoms with van der Waals surface area (Å²) in [5, 5.41) is 0. The largest absolute Gasteiger partial charge is 0.299 e. The molecule has 0 atom stereocenters. The first-order valence-corrected chi connectivity index (χ1v) is 3.41. The molecule has 0 N–H and O–H groups in total. The van der Waals surface area contributed by atoms with Gasteiger partial charge in [-0.25, -0.2) is 0 Å². The van der Waals surface area contributed by atoms with Gasteiger partial charge in [0.1, 0.15) is 12.6 Å². The van der Waals surface area contributed by atoms with Gasteiger partial charge in [-0.1, -0.05) is 36.9 Å². The highest BCUT2D eigenvalue weighted by Gasteiger charge is 1.79. The third-order valence-electron chi connectivity index (χ3n) is 1.03. The predicted molar refractivity (Wildman–Crippen MR) is 48.1 cm³/mol. The topological polar surface area (TPSA) is 34.1 Å². The molecule has 0 amide bonds. The Kier molecular flexibility index (Phi) is 6.36. The molecule has 0 aliphatic carbocycles. The molecule has 0 saturated carbocycles. The van der Waals surface area contributed by atoms with E-state index in [9.17, 15) is 4.79 Å². The van der Waals surface area contributed by atoms with Crippen molar-refractivity contribution >= 4 is 12.6 Å². The molecule has 0 heterocycles. The number of benzene rings is 1. The van der Waals surface area contributed by atoms with Gasteiger partial charge in [0, 0.05) is 5.56 Å². The first kappa shape index (κ1) is 10.3. The SMILES string of the molecule is C=CC=O.O=Cc1ccccc1. The lowest BCUT2D eigenvalue weighted by Crippen LogP contribution is -1.73. The highest BCUT2D eigenvalue weighted by atomic mass is 16.1. The zero-order valence-corrected chi connectivity index (χ0v) is 6.64. The predicted octanol–water partition coefficient (Wildman–Crippen LogP) is 1.87. The van der Waals surface area contributed by atoms with Crippen LogP contribution in [0.4, 0.5) is 0 Å². The van der Waals surface area contributed by atoms with E-state index in [-0.39, 0.29) is 0 Å². The number of carbonyl (C=O) groups excluding carboxylic acids is 2. The lowest BCUT2D eigenvalue weighted by molar-refractivity contribution is -0.104. The van der Waals surface area contributed by atoms with Crippen LogP contribution in [0.15, 0.2) is 43.0 Å². The Balaban J connectivity index is 0.000000261. The standard InChI is InChI=1S/C7H6O.C3H4O/c8-6-7-4-2-1-3-5-7;1-2-3-4/h1-6H;2-3H,1H2. The number of allylic oxidation sites excluding steroid dienone is 1. The maximum Gasteiger partial charge on any atom is 0.150 e. The van der Waals surface area contributed by atoms with E-state index in [1.807, 2.05) is 18.2 Å². The molecule has 2 nitrogen and oxygen atoms in total. The summed E-state index contributed by atoms with van der Waals surface area (Å²) in [6, 6.07) is 9.10. The van der Waals surface area contributed by atoms with E-state index in [1.54, 1.807) is 12.1 Å². The molecular weight excluding hydrogens is 152 g/mol. The summed E-state index contributed by atoms with van der Waals surface area (Å²) in [6.45, 7) is 3.11. The minimum absolute atomic E-state index is 0.639. The summed E-state index contributed by atoms with van der Waals surface area (Å²) in [7, 11) is 0. The van der Waals surface area contributed by atoms with Crippen LogP contribution in [0.2, 0.25) is 0 Å². The molecule has 1 aromatic carbocycles. The minimum Gasteiger partial charge on any atom is -0.299 e. The second kappa shape index (κ2) is 7.41. The van der Waals surface area contributed by atoms with Gasteiger partial charge >= 0.3 is 0 Å². The Hall–Kier alpha value is -1.70. The highest BCUT2D eigenvalue weighted by Crippen LogP contribution is 1.91. The van der Waals surface area contributed by atoms with Crippen molar-refractivity contribution in [1.82, 2.24) is 0 Å². The summed E-state index contributed by atoms with van der Waals surface area (Å²) in [5.74, 6) is 0. The van der Waals surface area contributed by atoms with Gasteiger partial charge in [-0.2, -0.15) is 0 Å². The average molecular weight is 162 g/mol. The zero-order valence-electron chi connectivity index (χ0n) is 6.64. The number of rotatable bonds is 2. The molecule has 2 heteroatoms. The van der Waals surface area contributed by atoms with E-state index < -0.39 is 0 Å². The summed E-state index contributed by atoms with van der Waals surface area (Å²) in [6.07, 6.45) is 2.67. The Morgan fingerprint density at radius 3 is 1.83 bits per heavy atom. The third kappa shape index (κ3) is 5.11. The molecule has 0 radical (unpaired) electrons. The molecule has 0 aromatic heterocycles. The lowest BCUT2D eigenvalue weighted by Gasteiger charge is -1.81. The van der Waals surface area contributed by atoms with Gasteiger partial charge in [0.2, 0.25) is 0 Å². The van der Waals surface area contributed by atoms with Crippen molar-refractivity contribution in [3.8, 4) is 0 Å². The number of carbonyl (C=O) groups is 2. The Labute approximate surface area is 71.5 Å². The monoisotopic (exact) mass is 162 g/mol. The second-order valence-electron chi connectivity index (χ2n) is 1.90. The van der Waals surface area contributed by atoms with Gasteiger partial charge in [0.25, 0.3) is 0 Å². The Morgan fingerprint density at radius 2 is 1.58 bits per heavy atom. The van der Waals surface area contributed by atoms with Gasteiger partial charge in [-0.05, 0) is 6.08 Å². The van der Waals surface area contributed by atoms with Crippen LogP contribution in [0, 0.1) is 0 Å². The molecule has 62 valence electrons. The summed E-state index contributed by atoms with van der Waals surface area (Å²) in [5.41, 5.74) is 0.729. The van der Waals surface area contributed by atoms with Gasteiger partial charge in [-0.3, -0.25) is 9.59 Å². The van der Waals surface area contributed by atoms with Crippen LogP contribution in [0.3, 0.4) is 0 Å². The minimum atomic E-state index is 0.639. The van der Waals surface area contributed by atoms with Crippen LogP contribution < -0.4 is 0 Å². The van der Waals surface area contributed by atoms with E-state index in [0.29, 0.717) is 6.29 Å². The van der Waals surface area contributed by atoms with Gasteiger partial charge in [0.05, 0.1) is 0 Å². The molecule has 12 heavy (non-hydrogen) atoms. The first-order valence-electron chi connectivity index (χ1n) is 3.41. The van der Waals surface area contributed by atoms with Crippen molar-refractivity contribution in [2.24, 2.45) is 0 Å². The van der Waals surface area contributed by atoms with Crippen LogP contribution in [-0.4, -0.2) is 12.6 Å². The molecule has 0 bridgehead atoms. The van der Waals surface area contributed by atoms with E-state index in [4.69, 9.17) is 4.79 Å². The fourth-order valence-corrected chi connectivity index (χ4v) is 0.532. The fourth-order valence-electron chi connectivity index (χ4n) is 0.532. The van der Waals surface area contributed by atoms with Crippen LogP contribution >= 0.6 is 0 Å². The number of hydrogen-bond acceptors (Lipinski definition) is 2. The van der Waals surface area contributed by atoms with Crippen LogP contribution in [0.5, 0.6) is 0 Å². The van der Waals surface area contributed by atoms with Crippen molar-refractivity contribution in [1.29, 1.82) is 0 Å². The quantitative estimate of drug-likeness (QED) is 0.491. The summed E-state index contributed by atoms with van der Waals surface area (Å²) < 4.78 is 0. The first-order chi connectivity index (χ1) is 5.85. The number of hydrogen-bond donors (Lipinski definition) is 0. The van der Waals surface area contributed by atoms with Crippen LogP contribution in [0.1, 0.15) is 10.4 Å². The average Bonchev–Trinajstić information content (AvgIpc) is 2.19. The smallest absolute Gasteiger partial charge is 0.150 e. The van der Waals surface area contributed by atoms with Crippen molar-refractivity contribution < 1.29 is 9.59 Å². The molecule has 0 aliphatic rings. The van der Waals surface area contributed by atoms with Crippen LogP contribution in [0.25, 0.3) is 0 Å². The second-order valence-corrected chi connectivity index (χ2v) is 1.90. The van der Waals surface area contributed by atoms with Crippen molar-refractivity contribution in [3.05, 3.63) is 48.6 Å². The zero-order chi connectivity index (χ0) is 9.23. The molecule has 0 spiro atoms. The van der Waals surface area contributed by atoms with E-state index >= 15 is 0 Å². The summed E-state index contributed by atoms with van der Waals surface area (Å²) >= 11 is 0. The highest BCUT2D eigenvalue weighted by molar-refractivity contribution is 5.74. The molecule has 0 fully saturated rings. The lowest BCUT2D eigenvalue weighted by atomic mass is 10.2. The Morgan fingerprint density at radius 1 is 1.08 bits per heavy atom. The molecular formula is C10H10O2. The van der Waals surface area contributed by atoms with E-state index in [0.717, 1.165) is 11.8 Å². The van der Waals surface area contributed by atoms with Crippen molar-refractivity contribution in [3.63, 3.8) is 0 Å². The molecule has 0 saturated heterocycles. The van der Waals surface area contributed by atoms with Crippen molar-refractivity contribution in [2.45, 2.75) is 0 Å². The van der Waals surface area contributed by atoms with Crippen LogP contribution in [-0.2, 0) is 4.79 Å². The third-order valence-corrected chi connectivity index (χ3v) is 1.03. The Bertz CT molecular complexity index is 233. The van der Waals surface area contributed by atoms with Gasteiger partial charge in [-0.15, -0.1) is 0 Å². The van der Waals surface area contributed by atoms with Gasteiger partial charge in [0.15, 0.2) is 0 Å². The molecule has 1 rings (SSSR count). The maximum absolute atomic E-state index is 10.0. The summed E-state index contributed by atoms with van der Waals surface area (Å²) in [4.78, 5) is 19.1. The van der Waals surface area contributed by atoms with E-state index in [1.165, 1.54) is 6.08 Å². The van der Waals surface area contributed by atoms with Crippen molar-refractivity contribution in [2.75, 3.05) is 0 Å². The maximum atomic E-state index is 10.0. The molecule has 0 unspecified atom stereocenters. The molecule has 1 aromatic rings. The van der Waals surface area contributed by atoms with E-state index in [2.05, 4.69) is 6.58 Å². The normalized spacial score (nSPS) is 7.33. The molecule has 0 aliphatic heterocycles. The fraction of sp³-hybridized carbons (Fsp3) is 0.